The molecule has 0 aliphatic rings. The highest BCUT2D eigenvalue weighted by atomic mass is 79.9. The van der Waals surface area contributed by atoms with Crippen molar-refractivity contribution in [3.05, 3.63) is 57.2 Å². The minimum absolute atomic E-state index is 0.133. The van der Waals surface area contributed by atoms with E-state index in [1.807, 2.05) is 24.3 Å². The van der Waals surface area contributed by atoms with E-state index in [2.05, 4.69) is 41.6 Å². The van der Waals surface area contributed by atoms with Crippen molar-refractivity contribution in [2.24, 2.45) is 0 Å². The molecule has 0 amide bonds. The molecule has 20 heavy (non-hydrogen) atoms. The summed E-state index contributed by atoms with van der Waals surface area (Å²) in [5.41, 5.74) is 0.880. The topological polar surface area (TPSA) is 59.1 Å². The molecular formula is C13H12Br2N2O2S. The first-order chi connectivity index (χ1) is 9.38. The molecule has 0 aliphatic carbocycles. The van der Waals surface area contributed by atoms with Crippen LogP contribution in [0, 0.1) is 0 Å². The van der Waals surface area contributed by atoms with Crippen LogP contribution < -0.4 is 4.72 Å². The largest absolute Gasteiger partial charge is 0.262 e. The summed E-state index contributed by atoms with van der Waals surface area (Å²) >= 11 is 6.59. The molecule has 0 fully saturated rings. The van der Waals surface area contributed by atoms with E-state index in [-0.39, 0.29) is 10.9 Å². The summed E-state index contributed by atoms with van der Waals surface area (Å²) in [6.07, 6.45) is 2.86. The molecule has 0 saturated carbocycles. The maximum atomic E-state index is 12.3. The van der Waals surface area contributed by atoms with Crippen LogP contribution in [0.2, 0.25) is 0 Å². The minimum atomic E-state index is -3.60. The predicted octanol–water partition coefficient (Wildman–Crippen LogP) is 3.65. The monoisotopic (exact) mass is 418 g/mol. The molecule has 0 radical (unpaired) electrons. The quantitative estimate of drug-likeness (QED) is 0.822. The van der Waals surface area contributed by atoms with Crippen molar-refractivity contribution < 1.29 is 8.42 Å². The van der Waals surface area contributed by atoms with E-state index in [1.165, 1.54) is 18.5 Å². The summed E-state index contributed by atoms with van der Waals surface area (Å²) in [5, 5.41) is 0. The van der Waals surface area contributed by atoms with Crippen molar-refractivity contribution in [1.82, 2.24) is 9.71 Å². The van der Waals surface area contributed by atoms with Crippen molar-refractivity contribution in [2.45, 2.75) is 17.9 Å². The van der Waals surface area contributed by atoms with Gasteiger partial charge in [-0.05, 0) is 46.6 Å². The molecule has 7 heteroatoms. The van der Waals surface area contributed by atoms with Gasteiger partial charge in [-0.3, -0.25) is 4.98 Å². The first-order valence-corrected chi connectivity index (χ1v) is 8.84. The molecular weight excluding hydrogens is 408 g/mol. The number of nitrogens with one attached hydrogen (secondary N) is 1. The second-order valence-electron chi connectivity index (χ2n) is 4.24. The van der Waals surface area contributed by atoms with E-state index in [1.54, 1.807) is 6.92 Å². The number of aromatic nitrogens is 1. The summed E-state index contributed by atoms with van der Waals surface area (Å²) in [6.45, 7) is 1.80. The van der Waals surface area contributed by atoms with Crippen molar-refractivity contribution in [3.8, 4) is 0 Å². The molecule has 1 aromatic carbocycles. The fraction of sp³-hybridized carbons (Fsp3) is 0.154. The van der Waals surface area contributed by atoms with Crippen LogP contribution in [-0.4, -0.2) is 13.4 Å². The van der Waals surface area contributed by atoms with Crippen LogP contribution in [0.3, 0.4) is 0 Å². The molecule has 1 aromatic heterocycles. The summed E-state index contributed by atoms with van der Waals surface area (Å²) in [5.74, 6) is 0. The number of benzene rings is 1. The van der Waals surface area contributed by atoms with Gasteiger partial charge in [0.2, 0.25) is 10.0 Å². The van der Waals surface area contributed by atoms with Crippen LogP contribution in [0.25, 0.3) is 0 Å². The van der Waals surface area contributed by atoms with Gasteiger partial charge < -0.3 is 0 Å². The summed E-state index contributed by atoms with van der Waals surface area (Å²) in [6, 6.07) is 8.69. The molecule has 106 valence electrons. The lowest BCUT2D eigenvalue weighted by atomic mass is 10.1. The third-order valence-electron chi connectivity index (χ3n) is 2.67. The van der Waals surface area contributed by atoms with E-state index in [0.717, 1.165) is 10.0 Å². The Morgan fingerprint density at radius 2 is 1.90 bits per heavy atom. The molecule has 1 heterocycles. The Hall–Kier alpha value is -0.760. The van der Waals surface area contributed by atoms with Crippen LogP contribution in [-0.2, 0) is 10.0 Å². The molecule has 0 saturated heterocycles. The van der Waals surface area contributed by atoms with Crippen LogP contribution in [0.15, 0.2) is 56.6 Å². The lowest BCUT2D eigenvalue weighted by Gasteiger charge is -2.15. The van der Waals surface area contributed by atoms with E-state index in [4.69, 9.17) is 0 Å². The van der Waals surface area contributed by atoms with Gasteiger partial charge >= 0.3 is 0 Å². The molecule has 0 spiro atoms. The Balaban J connectivity index is 2.24. The zero-order valence-corrected chi connectivity index (χ0v) is 14.5. The second-order valence-corrected chi connectivity index (χ2v) is 7.78. The Morgan fingerprint density at radius 3 is 2.55 bits per heavy atom. The van der Waals surface area contributed by atoms with Crippen molar-refractivity contribution in [2.75, 3.05) is 0 Å². The SMILES string of the molecule is CC(NS(=O)(=O)c1cncc(Br)c1)c1cccc(Br)c1. The first-order valence-electron chi connectivity index (χ1n) is 5.77. The molecule has 0 aliphatic heterocycles. The normalized spacial score (nSPS) is 13.2. The van der Waals surface area contributed by atoms with E-state index in [9.17, 15) is 8.42 Å². The van der Waals surface area contributed by atoms with Gasteiger partial charge in [-0.1, -0.05) is 28.1 Å². The van der Waals surface area contributed by atoms with E-state index < -0.39 is 10.0 Å². The highest BCUT2D eigenvalue weighted by Crippen LogP contribution is 2.21. The van der Waals surface area contributed by atoms with Crippen molar-refractivity contribution in [1.29, 1.82) is 0 Å². The number of nitrogens with zero attached hydrogens (tertiary/aromatic N) is 1. The Kier molecular flexibility index (Phi) is 4.95. The minimum Gasteiger partial charge on any atom is -0.262 e. The third kappa shape index (κ3) is 3.88. The number of sulfonamides is 1. The molecule has 0 bridgehead atoms. The number of pyridine rings is 1. The molecule has 1 N–H and O–H groups in total. The fourth-order valence-electron chi connectivity index (χ4n) is 1.68. The Labute approximate surface area is 134 Å². The number of halogens is 2. The van der Waals surface area contributed by atoms with Crippen LogP contribution in [0.4, 0.5) is 0 Å². The summed E-state index contributed by atoms with van der Waals surface area (Å²) in [4.78, 5) is 4.00. The smallest absolute Gasteiger partial charge is 0.242 e. The van der Waals surface area contributed by atoms with E-state index in [0.29, 0.717) is 4.47 Å². The zero-order chi connectivity index (χ0) is 14.8. The van der Waals surface area contributed by atoms with Gasteiger partial charge in [0.05, 0.1) is 0 Å². The van der Waals surface area contributed by atoms with Crippen LogP contribution in [0.5, 0.6) is 0 Å². The Morgan fingerprint density at radius 1 is 1.15 bits per heavy atom. The average molecular weight is 420 g/mol. The van der Waals surface area contributed by atoms with Crippen molar-refractivity contribution in [3.63, 3.8) is 0 Å². The molecule has 2 rings (SSSR count). The summed E-state index contributed by atoms with van der Waals surface area (Å²) < 4.78 is 28.7. The fourth-order valence-corrected chi connectivity index (χ4v) is 3.84. The Bertz CT molecular complexity index is 720. The lowest BCUT2D eigenvalue weighted by molar-refractivity contribution is 0.566. The van der Waals surface area contributed by atoms with E-state index >= 15 is 0 Å². The second kappa shape index (κ2) is 6.34. The van der Waals surface area contributed by atoms with Gasteiger partial charge in [-0.25, -0.2) is 13.1 Å². The maximum Gasteiger partial charge on any atom is 0.242 e. The van der Waals surface area contributed by atoms with Crippen LogP contribution >= 0.6 is 31.9 Å². The van der Waals surface area contributed by atoms with Gasteiger partial charge in [0.1, 0.15) is 4.90 Å². The molecule has 4 nitrogen and oxygen atoms in total. The number of hydrogen-bond acceptors (Lipinski definition) is 3. The standard InChI is InChI=1S/C13H12Br2N2O2S/c1-9(10-3-2-4-11(14)5-10)17-20(18,19)13-6-12(15)7-16-8-13/h2-9,17H,1H3. The lowest BCUT2D eigenvalue weighted by Crippen LogP contribution is -2.27. The van der Waals surface area contributed by atoms with Crippen LogP contribution in [0.1, 0.15) is 18.5 Å². The average Bonchev–Trinajstić information content (AvgIpc) is 2.38. The maximum absolute atomic E-state index is 12.3. The number of rotatable bonds is 4. The van der Waals surface area contributed by atoms with Crippen molar-refractivity contribution >= 4 is 41.9 Å². The highest BCUT2D eigenvalue weighted by Gasteiger charge is 2.19. The highest BCUT2D eigenvalue weighted by molar-refractivity contribution is 9.10. The summed E-state index contributed by atoms with van der Waals surface area (Å²) in [7, 11) is -3.60. The molecule has 2 aromatic rings. The predicted molar refractivity (Wildman–Crippen MR) is 84.8 cm³/mol. The molecule has 1 unspecified atom stereocenters. The molecule has 1 atom stereocenters. The van der Waals surface area contributed by atoms with Gasteiger partial charge in [0.25, 0.3) is 0 Å². The van der Waals surface area contributed by atoms with Gasteiger partial charge in [0, 0.05) is 27.4 Å². The van der Waals surface area contributed by atoms with Gasteiger partial charge in [-0.2, -0.15) is 0 Å². The number of hydrogen-bond donors (Lipinski definition) is 1. The third-order valence-corrected chi connectivity index (χ3v) is 5.11. The van der Waals surface area contributed by atoms with Gasteiger partial charge in [-0.15, -0.1) is 0 Å². The first kappa shape index (κ1) is 15.6. The van der Waals surface area contributed by atoms with Gasteiger partial charge in [0.15, 0.2) is 0 Å². The zero-order valence-electron chi connectivity index (χ0n) is 10.5.